The zero-order valence-corrected chi connectivity index (χ0v) is 23.2. The molecule has 37 heavy (non-hydrogen) atoms. The first-order valence-electron chi connectivity index (χ1n) is 13.9. The number of nitrogens with one attached hydrogen (secondary N) is 3. The van der Waals surface area contributed by atoms with E-state index in [-0.39, 0.29) is 18.0 Å². The third-order valence-electron chi connectivity index (χ3n) is 8.02. The monoisotopic (exact) mass is 536 g/mol. The number of amides is 3. The molecule has 0 bridgehead atoms. The molecule has 1 aliphatic heterocycles. The van der Waals surface area contributed by atoms with Gasteiger partial charge in [0.15, 0.2) is 0 Å². The molecule has 0 radical (unpaired) electrons. The zero-order chi connectivity index (χ0) is 26.7. The van der Waals surface area contributed by atoms with Crippen LogP contribution in [0, 0.1) is 11.8 Å². The second kappa shape index (κ2) is 14.8. The second-order valence-corrected chi connectivity index (χ2v) is 11.1. The summed E-state index contributed by atoms with van der Waals surface area (Å²) in [5.41, 5.74) is -0.426. The maximum atomic E-state index is 13.4. The molecule has 0 aromatic heterocycles. The topological polar surface area (TPSA) is 103 Å². The number of likely N-dealkylation sites (N-methyl/N-ethyl adjacent to an activating group) is 1. The molecule has 1 aromatic carbocycles. The molecule has 208 valence electrons. The molecule has 1 unspecified atom stereocenters. The lowest BCUT2D eigenvalue weighted by Crippen LogP contribution is -2.54. The van der Waals surface area contributed by atoms with Crippen molar-refractivity contribution < 1.29 is 19.4 Å². The van der Waals surface area contributed by atoms with Crippen LogP contribution in [0.2, 0.25) is 5.02 Å². The van der Waals surface area contributed by atoms with Crippen molar-refractivity contribution in [1.82, 2.24) is 20.9 Å². The quantitative estimate of drug-likeness (QED) is 0.308. The Morgan fingerprint density at radius 2 is 2.00 bits per heavy atom. The summed E-state index contributed by atoms with van der Waals surface area (Å²) in [5.74, 6) is 0.526. The van der Waals surface area contributed by atoms with Crippen molar-refractivity contribution in [2.75, 3.05) is 40.3 Å². The van der Waals surface area contributed by atoms with Gasteiger partial charge in [0.05, 0.1) is 12.7 Å². The van der Waals surface area contributed by atoms with Crippen molar-refractivity contribution in [2.24, 2.45) is 11.8 Å². The third-order valence-corrected chi connectivity index (χ3v) is 8.25. The van der Waals surface area contributed by atoms with Gasteiger partial charge in [-0.25, -0.2) is 9.59 Å². The molecular formula is C28H45ClN4O4. The van der Waals surface area contributed by atoms with E-state index in [1.54, 1.807) is 12.1 Å². The van der Waals surface area contributed by atoms with Crippen molar-refractivity contribution in [3.05, 3.63) is 34.9 Å². The molecule has 8 nitrogen and oxygen atoms in total. The van der Waals surface area contributed by atoms with E-state index in [1.807, 2.05) is 24.1 Å². The van der Waals surface area contributed by atoms with Gasteiger partial charge in [-0.1, -0.05) is 55.8 Å². The number of carbonyl (C=O) groups excluding carboxylic acids is 2. The number of piperidine rings is 1. The normalized spacial score (nSPS) is 21.1. The lowest BCUT2D eigenvalue weighted by atomic mass is 9.74. The molecule has 2 fully saturated rings. The zero-order valence-electron chi connectivity index (χ0n) is 22.4. The number of urea groups is 1. The summed E-state index contributed by atoms with van der Waals surface area (Å²) in [6.07, 6.45) is 9.53. The summed E-state index contributed by atoms with van der Waals surface area (Å²) in [6, 6.07) is 7.38. The summed E-state index contributed by atoms with van der Waals surface area (Å²) in [6.45, 7) is 2.28. The average Bonchev–Trinajstić information content (AvgIpc) is 2.91. The Morgan fingerprint density at radius 3 is 2.70 bits per heavy atom. The lowest BCUT2D eigenvalue weighted by molar-refractivity contribution is -0.0552. The molecule has 4 N–H and O–H groups in total. The van der Waals surface area contributed by atoms with Crippen LogP contribution in [-0.2, 0) is 10.3 Å². The van der Waals surface area contributed by atoms with Gasteiger partial charge >= 0.3 is 12.1 Å². The number of hydrogen-bond donors (Lipinski definition) is 4. The number of carbonyl (C=O) groups is 2. The fourth-order valence-electron chi connectivity index (χ4n) is 6.04. The molecule has 3 amide bonds. The Morgan fingerprint density at radius 1 is 1.22 bits per heavy atom. The number of likely N-dealkylation sites (tertiary alicyclic amines) is 1. The standard InChI is InChI=1S/C28H45ClN4O4/c1-30-19-25(17-21-9-4-3-5-10-21)32-26(34)33-16-7-12-23(20-33)28(36,14-8-15-31-27(35)37-2)22-11-6-13-24(29)18-22/h6,11,13,18,21,23,25,30,36H,3-5,7-10,12,14-17,19-20H2,1-2H3,(H,31,35)(H,32,34)/t23?,25-,28+/m0/s1. The van der Waals surface area contributed by atoms with Gasteiger partial charge in [-0.2, -0.15) is 0 Å². The molecule has 1 heterocycles. The Bertz CT molecular complexity index is 866. The van der Waals surface area contributed by atoms with E-state index < -0.39 is 11.7 Å². The smallest absolute Gasteiger partial charge is 0.406 e. The maximum absolute atomic E-state index is 13.4. The van der Waals surface area contributed by atoms with E-state index >= 15 is 0 Å². The fourth-order valence-corrected chi connectivity index (χ4v) is 6.23. The molecule has 1 aromatic rings. The van der Waals surface area contributed by atoms with Gasteiger partial charge in [0.2, 0.25) is 0 Å². The van der Waals surface area contributed by atoms with Gasteiger partial charge in [0.25, 0.3) is 0 Å². The summed E-state index contributed by atoms with van der Waals surface area (Å²) in [4.78, 5) is 26.7. The van der Waals surface area contributed by atoms with Gasteiger partial charge < -0.3 is 30.7 Å². The molecule has 1 saturated carbocycles. The number of benzene rings is 1. The highest BCUT2D eigenvalue weighted by molar-refractivity contribution is 6.30. The molecule has 0 spiro atoms. The van der Waals surface area contributed by atoms with Crippen LogP contribution >= 0.6 is 11.6 Å². The minimum Gasteiger partial charge on any atom is -0.453 e. The molecule has 3 rings (SSSR count). The predicted molar refractivity (Wildman–Crippen MR) is 147 cm³/mol. The number of aliphatic hydroxyl groups is 1. The van der Waals surface area contributed by atoms with Gasteiger partial charge in [-0.3, -0.25) is 0 Å². The number of alkyl carbamates (subject to hydrolysis) is 1. The maximum Gasteiger partial charge on any atom is 0.406 e. The summed E-state index contributed by atoms with van der Waals surface area (Å²) < 4.78 is 4.65. The predicted octanol–water partition coefficient (Wildman–Crippen LogP) is 4.64. The molecule has 1 saturated heterocycles. The SMILES string of the molecule is CNC[C@H](CC1CCCCC1)NC(=O)N1CCCC([C@@](O)(CCCNC(=O)OC)c2cccc(Cl)c2)C1. The Balaban J connectivity index is 1.68. The van der Waals surface area contributed by atoms with Crippen LogP contribution < -0.4 is 16.0 Å². The van der Waals surface area contributed by atoms with Crippen LogP contribution in [0.1, 0.15) is 69.8 Å². The number of nitrogens with zero attached hydrogens (tertiary/aromatic N) is 1. The molecule has 9 heteroatoms. The van der Waals surface area contributed by atoms with E-state index in [4.69, 9.17) is 11.6 Å². The summed E-state index contributed by atoms with van der Waals surface area (Å²) in [5, 5.41) is 21.8. The van der Waals surface area contributed by atoms with Crippen LogP contribution in [0.15, 0.2) is 24.3 Å². The number of ether oxygens (including phenoxy) is 1. The third kappa shape index (κ3) is 8.76. The van der Waals surface area contributed by atoms with Crippen LogP contribution in [0.5, 0.6) is 0 Å². The highest BCUT2D eigenvalue weighted by Gasteiger charge is 2.41. The Kier molecular flexibility index (Phi) is 11.8. The number of rotatable bonds is 11. The molecule has 2 aliphatic rings. The lowest BCUT2D eigenvalue weighted by Gasteiger charge is -2.43. The van der Waals surface area contributed by atoms with Crippen LogP contribution in [-0.4, -0.2) is 68.5 Å². The van der Waals surface area contributed by atoms with E-state index in [2.05, 4.69) is 20.7 Å². The first-order valence-corrected chi connectivity index (χ1v) is 14.2. The molecular weight excluding hydrogens is 492 g/mol. The minimum absolute atomic E-state index is 0.0541. The summed E-state index contributed by atoms with van der Waals surface area (Å²) in [7, 11) is 3.26. The van der Waals surface area contributed by atoms with Crippen molar-refractivity contribution in [2.45, 2.75) is 75.9 Å². The van der Waals surface area contributed by atoms with E-state index in [0.717, 1.165) is 31.4 Å². The Hall–Kier alpha value is -2.03. The van der Waals surface area contributed by atoms with E-state index in [9.17, 15) is 14.7 Å². The van der Waals surface area contributed by atoms with Gasteiger partial charge in [-0.15, -0.1) is 0 Å². The van der Waals surface area contributed by atoms with Crippen molar-refractivity contribution in [1.29, 1.82) is 0 Å². The van der Waals surface area contributed by atoms with E-state index in [1.165, 1.54) is 39.2 Å². The minimum atomic E-state index is -1.17. The van der Waals surface area contributed by atoms with E-state index in [0.29, 0.717) is 43.4 Å². The number of methoxy groups -OCH3 is 1. The number of halogens is 1. The first-order chi connectivity index (χ1) is 17.9. The summed E-state index contributed by atoms with van der Waals surface area (Å²) >= 11 is 6.29. The van der Waals surface area contributed by atoms with Gasteiger partial charge in [0, 0.05) is 43.2 Å². The molecule has 3 atom stereocenters. The second-order valence-electron chi connectivity index (χ2n) is 10.7. The van der Waals surface area contributed by atoms with Crippen LogP contribution in [0.25, 0.3) is 0 Å². The van der Waals surface area contributed by atoms with Crippen LogP contribution in [0.3, 0.4) is 0 Å². The van der Waals surface area contributed by atoms with Crippen molar-refractivity contribution >= 4 is 23.7 Å². The number of hydrogen-bond acceptors (Lipinski definition) is 5. The van der Waals surface area contributed by atoms with Crippen LogP contribution in [0.4, 0.5) is 9.59 Å². The highest BCUT2D eigenvalue weighted by Crippen LogP contribution is 2.40. The fraction of sp³-hybridized carbons (Fsp3) is 0.714. The molecule has 1 aliphatic carbocycles. The highest BCUT2D eigenvalue weighted by atomic mass is 35.5. The van der Waals surface area contributed by atoms with Gasteiger partial charge in [-0.05, 0) is 62.8 Å². The Labute approximate surface area is 226 Å². The van der Waals surface area contributed by atoms with Crippen molar-refractivity contribution in [3.63, 3.8) is 0 Å². The largest absolute Gasteiger partial charge is 0.453 e. The van der Waals surface area contributed by atoms with Gasteiger partial charge in [0.1, 0.15) is 0 Å². The van der Waals surface area contributed by atoms with Crippen molar-refractivity contribution in [3.8, 4) is 0 Å². The average molecular weight is 537 g/mol. The first kappa shape index (κ1) is 29.5.